The maximum absolute atomic E-state index is 9.70. The Morgan fingerprint density at radius 1 is 1.67 bits per heavy atom. The Balaban J connectivity index is 2.40. The molecule has 4 heteroatoms. The van der Waals surface area contributed by atoms with E-state index in [-0.39, 0.29) is 6.10 Å². The Kier molecular flexibility index (Phi) is 2.42. The average Bonchev–Trinajstić information content (AvgIpc) is 2.29. The first-order valence-electron chi connectivity index (χ1n) is 3.84. The second-order valence-electron chi connectivity index (χ2n) is 3.01. The monoisotopic (exact) mass is 218 g/mol. The second-order valence-corrected chi connectivity index (χ2v) is 6.55. The molecular weight excluding hydrogens is 208 g/mol. The molecule has 1 aliphatic rings. The summed E-state index contributed by atoms with van der Waals surface area (Å²) in [5.41, 5.74) is 1.08. The molecule has 2 heterocycles. The van der Waals surface area contributed by atoms with Crippen molar-refractivity contribution in [2.75, 3.05) is 0 Å². The molecule has 0 radical (unpaired) electrons. The second kappa shape index (κ2) is 3.25. The third-order valence-corrected chi connectivity index (χ3v) is 4.67. The highest BCUT2D eigenvalue weighted by molar-refractivity contribution is 8.02. The molecule has 1 aliphatic heterocycles. The average molecular weight is 218 g/mol. The largest absolute Gasteiger partial charge is 0.388 e. The van der Waals surface area contributed by atoms with E-state index in [9.17, 15) is 5.11 Å². The van der Waals surface area contributed by atoms with Gasteiger partial charge in [-0.05, 0) is 12.5 Å². The van der Waals surface area contributed by atoms with Crippen LogP contribution in [0.5, 0.6) is 0 Å². The molecule has 2 unspecified atom stereocenters. The molecule has 2 atom stereocenters. The molecule has 1 aromatic rings. The van der Waals surface area contributed by atoms with E-state index in [4.69, 9.17) is 0 Å². The lowest BCUT2D eigenvalue weighted by Gasteiger charge is -2.22. The Labute approximate surface area is 85.6 Å². The van der Waals surface area contributed by atoms with Crippen LogP contribution >= 0.6 is 35.7 Å². The summed E-state index contributed by atoms with van der Waals surface area (Å²) in [6, 6.07) is 1.98. The molecule has 0 fully saturated rings. The number of hydrogen-bond acceptors (Lipinski definition) is 4. The number of fused-ring (bicyclic) bond motifs is 1. The van der Waals surface area contributed by atoms with Crippen molar-refractivity contribution in [3.63, 3.8) is 0 Å². The van der Waals surface area contributed by atoms with Gasteiger partial charge in [0.15, 0.2) is 0 Å². The van der Waals surface area contributed by atoms with E-state index in [0.29, 0.717) is 5.25 Å². The van der Waals surface area contributed by atoms with Gasteiger partial charge in [0.1, 0.15) is 0 Å². The van der Waals surface area contributed by atoms with Crippen molar-refractivity contribution in [3.05, 3.63) is 11.6 Å². The van der Waals surface area contributed by atoms with Gasteiger partial charge in [0.2, 0.25) is 0 Å². The fourth-order valence-corrected chi connectivity index (χ4v) is 4.59. The quantitative estimate of drug-likeness (QED) is 0.653. The molecule has 12 heavy (non-hydrogen) atoms. The Bertz CT molecular complexity index is 294. The number of aliphatic hydroxyl groups excluding tert-OH is 1. The number of thioether (sulfide) groups is 1. The van der Waals surface area contributed by atoms with Gasteiger partial charge in [0.25, 0.3) is 0 Å². The molecule has 66 valence electrons. The molecule has 1 N–H and O–H groups in total. The number of hydrogen-bond donors (Lipinski definition) is 2. The van der Waals surface area contributed by atoms with Gasteiger partial charge in [0, 0.05) is 10.8 Å². The summed E-state index contributed by atoms with van der Waals surface area (Å²) >= 11 is 7.79. The number of thiol groups is 1. The van der Waals surface area contributed by atoms with Gasteiger partial charge in [-0.1, -0.05) is 6.92 Å². The van der Waals surface area contributed by atoms with Gasteiger partial charge >= 0.3 is 0 Å². The molecule has 0 aromatic carbocycles. The lowest BCUT2D eigenvalue weighted by atomic mass is 10.1. The maximum Gasteiger partial charge on any atom is 0.0820 e. The van der Waals surface area contributed by atoms with Crippen LogP contribution in [0.15, 0.2) is 14.5 Å². The molecular formula is C8H10OS3. The van der Waals surface area contributed by atoms with Gasteiger partial charge in [-0.3, -0.25) is 0 Å². The normalized spacial score (nSPS) is 28.6. The molecule has 1 aromatic heterocycles. The van der Waals surface area contributed by atoms with Crippen LogP contribution in [0.4, 0.5) is 0 Å². The summed E-state index contributed by atoms with van der Waals surface area (Å²) in [5, 5.41) is 10.2. The Morgan fingerprint density at radius 3 is 3.17 bits per heavy atom. The maximum atomic E-state index is 9.70. The van der Waals surface area contributed by atoms with E-state index in [1.54, 1.807) is 11.3 Å². The van der Waals surface area contributed by atoms with E-state index in [2.05, 4.69) is 19.6 Å². The predicted molar refractivity (Wildman–Crippen MR) is 56.5 cm³/mol. The van der Waals surface area contributed by atoms with Gasteiger partial charge in [-0.2, -0.15) is 0 Å². The third kappa shape index (κ3) is 1.53. The topological polar surface area (TPSA) is 20.2 Å². The van der Waals surface area contributed by atoms with E-state index >= 15 is 0 Å². The highest BCUT2D eigenvalue weighted by Gasteiger charge is 2.25. The molecule has 0 saturated carbocycles. The summed E-state index contributed by atoms with van der Waals surface area (Å²) in [4.78, 5) is 0. The minimum atomic E-state index is -0.270. The van der Waals surface area contributed by atoms with Crippen molar-refractivity contribution in [1.29, 1.82) is 0 Å². The first-order chi connectivity index (χ1) is 5.66. The fourth-order valence-electron chi connectivity index (χ4n) is 1.37. The van der Waals surface area contributed by atoms with Crippen LogP contribution in [0.1, 0.15) is 25.0 Å². The van der Waals surface area contributed by atoms with E-state index < -0.39 is 0 Å². The Morgan fingerprint density at radius 2 is 2.42 bits per heavy atom. The van der Waals surface area contributed by atoms with Crippen LogP contribution < -0.4 is 0 Å². The Hall–Kier alpha value is 0.360. The molecule has 1 nitrogen and oxygen atoms in total. The summed E-state index contributed by atoms with van der Waals surface area (Å²) in [5.74, 6) is 0. The van der Waals surface area contributed by atoms with Crippen molar-refractivity contribution >= 4 is 35.7 Å². The zero-order valence-corrected chi connectivity index (χ0v) is 9.18. The first-order valence-corrected chi connectivity index (χ1v) is 5.98. The molecule has 0 aliphatic carbocycles. The third-order valence-electron chi connectivity index (χ3n) is 1.93. The van der Waals surface area contributed by atoms with Crippen molar-refractivity contribution in [1.82, 2.24) is 0 Å². The van der Waals surface area contributed by atoms with E-state index in [0.717, 1.165) is 16.2 Å². The fraction of sp³-hybridized carbons (Fsp3) is 0.500. The summed E-state index contributed by atoms with van der Waals surface area (Å²) in [7, 11) is 0. The van der Waals surface area contributed by atoms with Crippen LogP contribution in [-0.2, 0) is 0 Å². The number of aliphatic hydroxyl groups is 1. The highest BCUT2D eigenvalue weighted by atomic mass is 32.2. The van der Waals surface area contributed by atoms with Gasteiger partial charge in [-0.25, -0.2) is 0 Å². The summed E-state index contributed by atoms with van der Waals surface area (Å²) < 4.78 is 2.24. The van der Waals surface area contributed by atoms with Crippen molar-refractivity contribution < 1.29 is 5.11 Å². The van der Waals surface area contributed by atoms with Gasteiger partial charge in [-0.15, -0.1) is 35.7 Å². The minimum absolute atomic E-state index is 0.270. The molecule has 0 saturated heterocycles. The molecule has 0 spiro atoms. The smallest absolute Gasteiger partial charge is 0.0820 e. The molecule has 0 amide bonds. The van der Waals surface area contributed by atoms with Crippen LogP contribution in [0.3, 0.4) is 0 Å². The molecule has 0 bridgehead atoms. The predicted octanol–water partition coefficient (Wildman–Crippen LogP) is 2.95. The van der Waals surface area contributed by atoms with Crippen LogP contribution in [0.2, 0.25) is 0 Å². The van der Waals surface area contributed by atoms with Crippen LogP contribution in [0.25, 0.3) is 0 Å². The molecule has 2 rings (SSSR count). The summed E-state index contributed by atoms with van der Waals surface area (Å²) in [6.45, 7) is 2.15. The van der Waals surface area contributed by atoms with Crippen molar-refractivity contribution in [2.24, 2.45) is 0 Å². The zero-order valence-electron chi connectivity index (χ0n) is 6.65. The SMILES string of the molecule is CC1CC(O)c2cc(S)sc2S1. The van der Waals surface area contributed by atoms with Gasteiger partial charge < -0.3 is 5.11 Å². The first kappa shape index (κ1) is 8.94. The van der Waals surface area contributed by atoms with Crippen molar-refractivity contribution in [2.45, 2.75) is 33.1 Å². The minimum Gasteiger partial charge on any atom is -0.388 e. The number of rotatable bonds is 0. The van der Waals surface area contributed by atoms with E-state index in [1.165, 1.54) is 4.21 Å². The number of thiophene rings is 1. The zero-order chi connectivity index (χ0) is 8.72. The van der Waals surface area contributed by atoms with Crippen LogP contribution in [-0.4, -0.2) is 10.4 Å². The lowest BCUT2D eigenvalue weighted by Crippen LogP contribution is -2.10. The highest BCUT2D eigenvalue weighted by Crippen LogP contribution is 2.45. The lowest BCUT2D eigenvalue weighted by molar-refractivity contribution is 0.164. The summed E-state index contributed by atoms with van der Waals surface area (Å²) in [6.07, 6.45) is 0.593. The standard InChI is InChI=1S/C8H10OS3/c1-4-2-6(9)5-3-7(10)12-8(5)11-4/h3-4,6,9-10H,2H2,1H3. The van der Waals surface area contributed by atoms with Crippen LogP contribution in [0, 0.1) is 0 Å². The van der Waals surface area contributed by atoms with Crippen molar-refractivity contribution in [3.8, 4) is 0 Å². The van der Waals surface area contributed by atoms with Gasteiger partial charge in [0.05, 0.1) is 14.5 Å². The van der Waals surface area contributed by atoms with E-state index in [1.807, 2.05) is 17.8 Å².